The number of nitrogens with zero attached hydrogens (tertiary/aromatic N) is 2. The minimum absolute atomic E-state index is 0.205. The number of para-hydroxylation sites is 2. The monoisotopic (exact) mass is 694 g/mol. The van der Waals surface area contributed by atoms with Crippen molar-refractivity contribution in [1.29, 1.82) is 0 Å². The molecule has 0 spiro atoms. The highest BCUT2D eigenvalue weighted by Gasteiger charge is 2.35. The Balaban J connectivity index is 1.17. The SMILES string of the molecule is c1ccc(-n2c3ccccc3c3cc(N(c4cccc5c4-c4c6ccccc6cc6cccc-5c46)C4CCCc5c4sc4ccccc54)ccc32)cc1. The molecule has 0 bridgehead atoms. The number of rotatable bonds is 4. The number of thiophene rings is 1. The zero-order valence-corrected chi connectivity index (χ0v) is 29.9. The highest BCUT2D eigenvalue weighted by molar-refractivity contribution is 7.19. The molecule has 2 heterocycles. The highest BCUT2D eigenvalue weighted by atomic mass is 32.1. The van der Waals surface area contributed by atoms with E-state index < -0.39 is 0 Å². The van der Waals surface area contributed by atoms with Gasteiger partial charge in [-0.3, -0.25) is 0 Å². The van der Waals surface area contributed by atoms with E-state index in [2.05, 4.69) is 173 Å². The molecular weight excluding hydrogens is 661 g/mol. The molecule has 2 aromatic heterocycles. The number of aryl methyl sites for hydroxylation is 1. The summed E-state index contributed by atoms with van der Waals surface area (Å²) in [5, 5.41) is 9.29. The van der Waals surface area contributed by atoms with Crippen LogP contribution >= 0.6 is 11.3 Å². The predicted molar refractivity (Wildman–Crippen MR) is 226 cm³/mol. The van der Waals surface area contributed by atoms with Crippen LogP contribution in [0.3, 0.4) is 0 Å². The third-order valence-corrected chi connectivity index (χ3v) is 13.2. The summed E-state index contributed by atoms with van der Waals surface area (Å²) in [5.74, 6) is 0. The maximum absolute atomic E-state index is 2.74. The van der Waals surface area contributed by atoms with Gasteiger partial charge in [0, 0.05) is 42.9 Å². The third-order valence-electron chi connectivity index (χ3n) is 11.9. The van der Waals surface area contributed by atoms with Crippen LogP contribution in [-0.4, -0.2) is 4.57 Å². The van der Waals surface area contributed by atoms with E-state index in [0.29, 0.717) is 0 Å². The van der Waals surface area contributed by atoms with Gasteiger partial charge in [-0.25, -0.2) is 0 Å². The number of anilines is 2. The molecule has 12 rings (SSSR count). The van der Waals surface area contributed by atoms with E-state index in [4.69, 9.17) is 0 Å². The lowest BCUT2D eigenvalue weighted by Crippen LogP contribution is -2.26. The van der Waals surface area contributed by atoms with Crippen molar-refractivity contribution in [3.63, 3.8) is 0 Å². The van der Waals surface area contributed by atoms with Crippen molar-refractivity contribution in [2.75, 3.05) is 4.90 Å². The van der Waals surface area contributed by atoms with Gasteiger partial charge in [0.25, 0.3) is 0 Å². The molecule has 8 aromatic carbocycles. The van der Waals surface area contributed by atoms with Gasteiger partial charge in [-0.1, -0.05) is 109 Å². The van der Waals surface area contributed by atoms with Gasteiger partial charge >= 0.3 is 0 Å². The molecule has 0 aliphatic heterocycles. The first-order chi connectivity index (χ1) is 26.3. The van der Waals surface area contributed by atoms with Crippen molar-refractivity contribution in [3.05, 3.63) is 174 Å². The predicted octanol–water partition coefficient (Wildman–Crippen LogP) is 14.2. The lowest BCUT2D eigenvalue weighted by Gasteiger charge is -2.37. The molecule has 0 amide bonds. The fraction of sp³-hybridized carbons (Fsp3) is 0.0800. The smallest absolute Gasteiger partial charge is 0.0687 e. The Morgan fingerprint density at radius 1 is 0.547 bits per heavy atom. The maximum Gasteiger partial charge on any atom is 0.0687 e. The molecule has 250 valence electrons. The molecule has 10 aromatic rings. The first-order valence-corrected chi connectivity index (χ1v) is 19.6. The molecule has 3 heteroatoms. The fourth-order valence-corrected chi connectivity index (χ4v) is 11.2. The van der Waals surface area contributed by atoms with Gasteiger partial charge in [0.05, 0.1) is 22.8 Å². The van der Waals surface area contributed by atoms with Gasteiger partial charge < -0.3 is 9.47 Å². The normalized spacial score (nSPS) is 14.8. The number of aromatic nitrogens is 1. The second-order valence-corrected chi connectivity index (χ2v) is 15.8. The third kappa shape index (κ3) is 4.14. The van der Waals surface area contributed by atoms with Gasteiger partial charge in [0.15, 0.2) is 0 Å². The van der Waals surface area contributed by atoms with E-state index in [1.807, 2.05) is 11.3 Å². The summed E-state index contributed by atoms with van der Waals surface area (Å²) in [7, 11) is 0. The molecule has 2 aliphatic carbocycles. The molecule has 1 atom stereocenters. The van der Waals surface area contributed by atoms with E-state index in [1.165, 1.54) is 103 Å². The first-order valence-electron chi connectivity index (χ1n) is 18.8. The van der Waals surface area contributed by atoms with Crippen molar-refractivity contribution in [2.24, 2.45) is 0 Å². The molecular formula is C50H34N2S. The maximum atomic E-state index is 2.74. The van der Waals surface area contributed by atoms with Crippen LogP contribution in [-0.2, 0) is 6.42 Å². The Labute approximate surface area is 311 Å². The Kier molecular flexibility index (Phi) is 6.20. The summed E-state index contributed by atoms with van der Waals surface area (Å²) in [4.78, 5) is 4.25. The largest absolute Gasteiger partial charge is 0.333 e. The number of fused-ring (bicyclic) bond motifs is 11. The van der Waals surface area contributed by atoms with Gasteiger partial charge in [-0.2, -0.15) is 0 Å². The van der Waals surface area contributed by atoms with Crippen LogP contribution in [0.2, 0.25) is 0 Å². The summed E-state index contributed by atoms with van der Waals surface area (Å²) < 4.78 is 3.82. The summed E-state index contributed by atoms with van der Waals surface area (Å²) >= 11 is 2.00. The van der Waals surface area contributed by atoms with E-state index in [-0.39, 0.29) is 6.04 Å². The number of hydrogen-bond donors (Lipinski definition) is 0. The quantitative estimate of drug-likeness (QED) is 0.167. The molecule has 53 heavy (non-hydrogen) atoms. The van der Waals surface area contributed by atoms with Crippen molar-refractivity contribution < 1.29 is 0 Å². The minimum Gasteiger partial charge on any atom is -0.333 e. The second-order valence-electron chi connectivity index (χ2n) is 14.7. The average molecular weight is 695 g/mol. The van der Waals surface area contributed by atoms with E-state index in [9.17, 15) is 0 Å². The van der Waals surface area contributed by atoms with Gasteiger partial charge in [0.2, 0.25) is 0 Å². The topological polar surface area (TPSA) is 8.17 Å². The van der Waals surface area contributed by atoms with Gasteiger partial charge in [-0.15, -0.1) is 11.3 Å². The summed E-state index contributed by atoms with van der Waals surface area (Å²) in [6, 6.07) is 61.4. The lowest BCUT2D eigenvalue weighted by molar-refractivity contribution is 0.572. The average Bonchev–Trinajstić information content (AvgIpc) is 3.88. The fourth-order valence-electron chi connectivity index (χ4n) is 9.78. The van der Waals surface area contributed by atoms with Crippen LogP contribution in [0.4, 0.5) is 11.4 Å². The van der Waals surface area contributed by atoms with Crippen molar-refractivity contribution >= 4 is 76.1 Å². The van der Waals surface area contributed by atoms with Crippen molar-refractivity contribution in [1.82, 2.24) is 4.57 Å². The first kappa shape index (κ1) is 29.4. The Hall–Kier alpha value is -6.16. The Morgan fingerprint density at radius 3 is 2.21 bits per heavy atom. The van der Waals surface area contributed by atoms with Crippen LogP contribution in [0.25, 0.3) is 81.4 Å². The molecule has 0 fully saturated rings. The molecule has 0 N–H and O–H groups in total. The lowest BCUT2D eigenvalue weighted by atomic mass is 9.89. The Morgan fingerprint density at radius 2 is 1.28 bits per heavy atom. The minimum atomic E-state index is 0.205. The Bertz CT molecular complexity index is 3110. The standard InChI is InChI=1S/C50H34N2S/c1-2-15-33(16-3-1)51-42-23-8-6-18-36(42)41-30-34(27-28-43(41)51)52(45-25-12-22-40-37-19-7-9-26-46(37)53-50(40)45)44-24-11-21-39-38-20-10-14-32-29-31-13-4-5-17-35(31)49(47(32)38)48(39)44/h1-11,13-21,23-24,26-30,45H,12,22,25H2. The van der Waals surface area contributed by atoms with Gasteiger partial charge in [0.1, 0.15) is 0 Å². The van der Waals surface area contributed by atoms with Crippen LogP contribution in [0.1, 0.15) is 29.3 Å². The molecule has 0 saturated carbocycles. The van der Waals surface area contributed by atoms with Crippen LogP contribution < -0.4 is 4.90 Å². The zero-order valence-electron chi connectivity index (χ0n) is 29.1. The second kappa shape index (κ2) is 11.2. The number of benzene rings is 8. The van der Waals surface area contributed by atoms with E-state index in [0.717, 1.165) is 19.3 Å². The van der Waals surface area contributed by atoms with E-state index in [1.54, 1.807) is 0 Å². The number of hydrogen-bond acceptors (Lipinski definition) is 2. The molecule has 2 nitrogen and oxygen atoms in total. The van der Waals surface area contributed by atoms with E-state index >= 15 is 0 Å². The molecule has 0 radical (unpaired) electrons. The molecule has 2 aliphatic rings. The van der Waals surface area contributed by atoms with Gasteiger partial charge in [-0.05, 0) is 117 Å². The van der Waals surface area contributed by atoms with Crippen molar-refractivity contribution in [2.45, 2.75) is 25.3 Å². The summed E-state index contributed by atoms with van der Waals surface area (Å²) in [6.45, 7) is 0. The van der Waals surface area contributed by atoms with Crippen molar-refractivity contribution in [3.8, 4) is 27.9 Å². The van der Waals surface area contributed by atoms with Crippen LogP contribution in [0.5, 0.6) is 0 Å². The molecule has 1 unspecified atom stereocenters. The van der Waals surface area contributed by atoms with Crippen LogP contribution in [0.15, 0.2) is 164 Å². The summed E-state index contributed by atoms with van der Waals surface area (Å²) in [5.41, 5.74) is 13.1. The highest BCUT2D eigenvalue weighted by Crippen LogP contribution is 2.57. The summed E-state index contributed by atoms with van der Waals surface area (Å²) in [6.07, 6.45) is 3.40. The molecule has 0 saturated heterocycles. The van der Waals surface area contributed by atoms with Crippen LogP contribution in [0, 0.1) is 0 Å². The zero-order chi connectivity index (χ0) is 34.6.